The molecule has 3 heteroatoms. The second-order valence-electron chi connectivity index (χ2n) is 13.4. The molecule has 0 fully saturated rings. The van der Waals surface area contributed by atoms with Crippen LogP contribution in [0.1, 0.15) is 54.2 Å². The zero-order valence-electron chi connectivity index (χ0n) is 27.6. The zero-order valence-corrected chi connectivity index (χ0v) is 27.6. The lowest BCUT2D eigenvalue weighted by atomic mass is 9.83. The Bertz CT molecular complexity index is 2440. The van der Waals surface area contributed by atoms with E-state index in [0.717, 1.165) is 55.3 Å². The van der Waals surface area contributed by atoms with Gasteiger partial charge in [0.15, 0.2) is 0 Å². The van der Waals surface area contributed by atoms with Gasteiger partial charge in [0.05, 0.1) is 16.8 Å². The van der Waals surface area contributed by atoms with E-state index in [1.165, 1.54) is 16.3 Å². The van der Waals surface area contributed by atoms with Gasteiger partial charge in [-0.05, 0) is 87.7 Å². The highest BCUT2D eigenvalue weighted by atomic mass is 15.1. The molecule has 0 N–H and O–H groups in total. The van der Waals surface area contributed by atoms with Gasteiger partial charge in [0.2, 0.25) is 0 Å². The monoisotopic (exact) mass is 617 g/mol. The molecule has 48 heavy (non-hydrogen) atoms. The number of benzene rings is 7. The molecule has 0 amide bonds. The maximum Gasteiger partial charge on any atom is 0.101 e. The van der Waals surface area contributed by atoms with E-state index in [9.17, 15) is 10.5 Å². The molecule has 3 nitrogen and oxygen atoms in total. The van der Waals surface area contributed by atoms with Gasteiger partial charge in [0.1, 0.15) is 12.1 Å². The summed E-state index contributed by atoms with van der Waals surface area (Å²) >= 11 is 0. The Hall–Kier alpha value is -6.16. The maximum atomic E-state index is 10.2. The van der Waals surface area contributed by atoms with E-state index in [1.54, 1.807) is 0 Å². The highest BCUT2D eigenvalue weighted by Gasteiger charge is 2.19. The van der Waals surface area contributed by atoms with Crippen molar-refractivity contribution >= 4 is 61.5 Å². The minimum absolute atomic E-state index is 0.0651. The summed E-state index contributed by atoms with van der Waals surface area (Å²) in [6, 6.07) is 49.3. The zero-order chi connectivity index (χ0) is 33.4. The van der Waals surface area contributed by atoms with Crippen LogP contribution in [0.15, 0.2) is 127 Å². The summed E-state index contributed by atoms with van der Waals surface area (Å²) in [6.45, 7) is 8.58. The number of nitrogens with zero attached hydrogens (tertiary/aromatic N) is 3. The molecule has 7 aromatic rings. The van der Waals surface area contributed by atoms with Crippen molar-refractivity contribution in [1.29, 1.82) is 10.5 Å². The number of rotatable bonds is 5. The molecule has 0 bridgehead atoms. The predicted octanol–water partition coefficient (Wildman–Crippen LogP) is 12.1. The summed E-state index contributed by atoms with van der Waals surface area (Å²) < 4.78 is 0. The first-order chi connectivity index (χ1) is 23.2. The fourth-order valence-electron chi connectivity index (χ4n) is 6.51. The molecule has 0 atom stereocenters. The van der Waals surface area contributed by atoms with E-state index < -0.39 is 0 Å². The van der Waals surface area contributed by atoms with Crippen molar-refractivity contribution in [3.63, 3.8) is 0 Å². The Kier molecular flexibility index (Phi) is 7.76. The Morgan fingerprint density at radius 3 is 1.77 bits per heavy atom. The van der Waals surface area contributed by atoms with Crippen molar-refractivity contribution < 1.29 is 0 Å². The Labute approximate surface area is 282 Å². The van der Waals surface area contributed by atoms with E-state index in [1.807, 2.05) is 6.07 Å². The van der Waals surface area contributed by atoms with E-state index in [-0.39, 0.29) is 5.41 Å². The average molecular weight is 618 g/mol. The Morgan fingerprint density at radius 2 is 1.10 bits per heavy atom. The Balaban J connectivity index is 1.26. The molecule has 0 aliphatic heterocycles. The van der Waals surface area contributed by atoms with Crippen LogP contribution in [-0.4, -0.2) is 0 Å². The highest BCUT2D eigenvalue weighted by molar-refractivity contribution is 6.13. The molecule has 0 aromatic heterocycles. The molecule has 0 radical (unpaired) electrons. The standard InChI is InChI=1S/C45H35N3/c1-30-12-20-35(21-13-30)48(44-11-7-9-33-8-5-6-10-37(33)44)36-22-16-31(17-23-36)14-15-32-18-24-38-39-25-19-34(45(2,3)4)27-41(39)43(29-47)42(28-46)40(38)26-32/h5-27H,1-4H3. The molecule has 0 saturated carbocycles. The average Bonchev–Trinajstić information content (AvgIpc) is 3.11. The molecular formula is C45H35N3. The van der Waals surface area contributed by atoms with Crippen molar-refractivity contribution in [1.82, 2.24) is 0 Å². The van der Waals surface area contributed by atoms with Crippen molar-refractivity contribution in [3.05, 3.63) is 161 Å². The third kappa shape index (κ3) is 5.57. The lowest BCUT2D eigenvalue weighted by Crippen LogP contribution is -2.10. The SMILES string of the molecule is Cc1ccc(N(c2ccc(C=Cc3ccc4c(c3)c(C#N)c(C#N)c3cc(C(C)(C)C)ccc34)cc2)c2cccc3ccccc23)cc1. The molecule has 0 unspecified atom stereocenters. The summed E-state index contributed by atoms with van der Waals surface area (Å²) in [5.74, 6) is 0. The fourth-order valence-corrected chi connectivity index (χ4v) is 6.51. The molecule has 230 valence electrons. The third-order valence-corrected chi connectivity index (χ3v) is 9.15. The summed E-state index contributed by atoms with van der Waals surface area (Å²) in [4.78, 5) is 2.31. The first-order valence-electron chi connectivity index (χ1n) is 16.2. The van der Waals surface area contributed by atoms with Crippen LogP contribution in [-0.2, 0) is 5.41 Å². The van der Waals surface area contributed by atoms with Crippen LogP contribution in [0.4, 0.5) is 17.1 Å². The number of anilines is 3. The second kappa shape index (κ2) is 12.2. The van der Waals surface area contributed by atoms with Gasteiger partial charge < -0.3 is 4.90 Å². The maximum absolute atomic E-state index is 10.2. The van der Waals surface area contributed by atoms with Crippen molar-refractivity contribution in [2.24, 2.45) is 0 Å². The van der Waals surface area contributed by atoms with Gasteiger partial charge in [-0.2, -0.15) is 10.5 Å². The summed E-state index contributed by atoms with van der Waals surface area (Å²) in [6.07, 6.45) is 4.16. The van der Waals surface area contributed by atoms with Crippen LogP contribution in [0, 0.1) is 29.6 Å². The fraction of sp³-hybridized carbons (Fsp3) is 0.111. The van der Waals surface area contributed by atoms with Crippen LogP contribution < -0.4 is 4.90 Å². The molecule has 0 spiro atoms. The number of fused-ring (bicyclic) bond motifs is 4. The molecule has 0 aliphatic rings. The van der Waals surface area contributed by atoms with Gasteiger partial charge in [0.25, 0.3) is 0 Å². The molecule has 7 rings (SSSR count). The van der Waals surface area contributed by atoms with Gasteiger partial charge in [-0.25, -0.2) is 0 Å². The quantitative estimate of drug-likeness (QED) is 0.143. The van der Waals surface area contributed by atoms with Crippen molar-refractivity contribution in [2.45, 2.75) is 33.1 Å². The van der Waals surface area contributed by atoms with Crippen LogP contribution in [0.2, 0.25) is 0 Å². The van der Waals surface area contributed by atoms with E-state index in [4.69, 9.17) is 0 Å². The van der Waals surface area contributed by atoms with Gasteiger partial charge in [0, 0.05) is 27.5 Å². The van der Waals surface area contributed by atoms with Crippen LogP contribution in [0.3, 0.4) is 0 Å². The topological polar surface area (TPSA) is 50.8 Å². The van der Waals surface area contributed by atoms with E-state index in [0.29, 0.717) is 11.1 Å². The van der Waals surface area contributed by atoms with Crippen LogP contribution in [0.5, 0.6) is 0 Å². The number of aryl methyl sites for hydroxylation is 1. The second-order valence-corrected chi connectivity index (χ2v) is 13.4. The molecule has 7 aromatic carbocycles. The minimum Gasteiger partial charge on any atom is -0.310 e. The van der Waals surface area contributed by atoms with Crippen LogP contribution >= 0.6 is 0 Å². The van der Waals surface area contributed by atoms with E-state index >= 15 is 0 Å². The molecular weight excluding hydrogens is 583 g/mol. The number of hydrogen-bond donors (Lipinski definition) is 0. The summed E-state index contributed by atoms with van der Waals surface area (Å²) in [7, 11) is 0. The first-order valence-corrected chi connectivity index (χ1v) is 16.2. The van der Waals surface area contributed by atoms with Gasteiger partial charge in [-0.15, -0.1) is 0 Å². The lowest BCUT2D eigenvalue weighted by molar-refractivity contribution is 0.591. The van der Waals surface area contributed by atoms with Crippen molar-refractivity contribution in [2.75, 3.05) is 4.90 Å². The van der Waals surface area contributed by atoms with Gasteiger partial charge in [-0.3, -0.25) is 0 Å². The molecule has 0 saturated heterocycles. The smallest absolute Gasteiger partial charge is 0.101 e. The summed E-state index contributed by atoms with van der Waals surface area (Å²) in [5.41, 5.74) is 8.49. The number of nitriles is 2. The largest absolute Gasteiger partial charge is 0.310 e. The van der Waals surface area contributed by atoms with Crippen LogP contribution in [0.25, 0.3) is 44.5 Å². The van der Waals surface area contributed by atoms with Gasteiger partial charge in [-0.1, -0.05) is 123 Å². The minimum atomic E-state index is -0.0651. The first kappa shape index (κ1) is 30.5. The summed E-state index contributed by atoms with van der Waals surface area (Å²) in [5, 5.41) is 26.4. The molecule has 0 heterocycles. The Morgan fingerprint density at radius 1 is 0.542 bits per heavy atom. The highest BCUT2D eigenvalue weighted by Crippen LogP contribution is 2.39. The van der Waals surface area contributed by atoms with E-state index in [2.05, 4.69) is 178 Å². The molecule has 0 aliphatic carbocycles. The lowest BCUT2D eigenvalue weighted by Gasteiger charge is -2.27. The normalized spacial score (nSPS) is 11.6. The third-order valence-electron chi connectivity index (χ3n) is 9.15. The number of hydrogen-bond acceptors (Lipinski definition) is 3. The van der Waals surface area contributed by atoms with Gasteiger partial charge >= 0.3 is 0 Å². The predicted molar refractivity (Wildman–Crippen MR) is 202 cm³/mol. The van der Waals surface area contributed by atoms with Crippen molar-refractivity contribution in [3.8, 4) is 12.1 Å².